The minimum Gasteiger partial charge on any atom is -0.490 e. The summed E-state index contributed by atoms with van der Waals surface area (Å²) in [5.74, 6) is 2.05. The first-order chi connectivity index (χ1) is 16.6. The van der Waals surface area contributed by atoms with Crippen molar-refractivity contribution in [3.8, 4) is 17.2 Å². The van der Waals surface area contributed by atoms with Crippen LogP contribution in [-0.2, 0) is 20.7 Å². The predicted molar refractivity (Wildman–Crippen MR) is 134 cm³/mol. The molecule has 0 radical (unpaired) electrons. The van der Waals surface area contributed by atoms with Crippen LogP contribution in [0, 0.1) is 0 Å². The number of para-hydroxylation sites is 1. The number of allylic oxidation sites excluding steroid dienone is 1. The minimum atomic E-state index is -0.591. The van der Waals surface area contributed by atoms with E-state index in [4.69, 9.17) is 18.9 Å². The molecule has 3 aromatic carbocycles. The maximum atomic E-state index is 12.0. The van der Waals surface area contributed by atoms with E-state index < -0.39 is 6.10 Å². The molecule has 0 heterocycles. The Hall–Kier alpha value is -3.57. The van der Waals surface area contributed by atoms with Gasteiger partial charge >= 0.3 is 5.97 Å². The van der Waals surface area contributed by atoms with Gasteiger partial charge in [0, 0.05) is 13.0 Å². The van der Waals surface area contributed by atoms with Gasteiger partial charge in [-0.1, -0.05) is 42.5 Å². The molecule has 3 rings (SSSR count). The van der Waals surface area contributed by atoms with Crippen LogP contribution in [0.1, 0.15) is 31.9 Å². The van der Waals surface area contributed by atoms with E-state index in [-0.39, 0.29) is 5.97 Å². The van der Waals surface area contributed by atoms with Crippen LogP contribution in [0.4, 0.5) is 0 Å². The van der Waals surface area contributed by atoms with Gasteiger partial charge in [-0.2, -0.15) is 0 Å². The van der Waals surface area contributed by atoms with Gasteiger partial charge in [0.05, 0.1) is 6.61 Å². The second-order valence-electron chi connectivity index (χ2n) is 7.68. The minimum absolute atomic E-state index is 0.329. The molecule has 0 amide bonds. The van der Waals surface area contributed by atoms with Gasteiger partial charge in [-0.25, -0.2) is 4.79 Å². The van der Waals surface area contributed by atoms with Gasteiger partial charge in [-0.05, 0) is 79.9 Å². The van der Waals surface area contributed by atoms with Crippen molar-refractivity contribution in [1.82, 2.24) is 0 Å². The van der Waals surface area contributed by atoms with E-state index in [0.717, 1.165) is 33.9 Å². The molecule has 0 bridgehead atoms. The number of hydrogen-bond donors (Lipinski definition) is 0. The first-order valence-corrected chi connectivity index (χ1v) is 11.6. The monoisotopic (exact) mass is 460 g/mol. The molecule has 0 aromatic heterocycles. The summed E-state index contributed by atoms with van der Waals surface area (Å²) >= 11 is 0. The Morgan fingerprint density at radius 3 is 2.12 bits per heavy atom. The quantitative estimate of drug-likeness (QED) is 0.290. The van der Waals surface area contributed by atoms with Crippen LogP contribution >= 0.6 is 0 Å². The summed E-state index contributed by atoms with van der Waals surface area (Å²) in [6.45, 7) is 6.97. The van der Waals surface area contributed by atoms with E-state index in [1.54, 1.807) is 6.92 Å². The van der Waals surface area contributed by atoms with Crippen LogP contribution in [-0.4, -0.2) is 31.9 Å². The zero-order valence-corrected chi connectivity index (χ0v) is 20.0. The lowest BCUT2D eigenvalue weighted by molar-refractivity contribution is -0.156. The Morgan fingerprint density at radius 2 is 1.47 bits per heavy atom. The van der Waals surface area contributed by atoms with Crippen LogP contribution in [0.5, 0.6) is 17.2 Å². The summed E-state index contributed by atoms with van der Waals surface area (Å²) in [4.78, 5) is 12.0. The number of carbonyl (C=O) groups is 1. The van der Waals surface area contributed by atoms with Gasteiger partial charge in [-0.15, -0.1) is 0 Å². The van der Waals surface area contributed by atoms with Crippen molar-refractivity contribution in [1.29, 1.82) is 0 Å². The highest BCUT2D eigenvalue weighted by atomic mass is 16.6. The van der Waals surface area contributed by atoms with Gasteiger partial charge < -0.3 is 18.9 Å². The molecule has 5 nitrogen and oxygen atoms in total. The SMILES string of the molecule is CCOC(=O)C(Cc1ccc(OCC=C(C)c2ccc(Oc3ccccc3)cc2)cc1)OCC. The van der Waals surface area contributed by atoms with Crippen molar-refractivity contribution in [2.75, 3.05) is 19.8 Å². The maximum absolute atomic E-state index is 12.0. The average Bonchev–Trinajstić information content (AvgIpc) is 2.86. The molecule has 34 heavy (non-hydrogen) atoms. The Balaban J connectivity index is 1.51. The van der Waals surface area contributed by atoms with Crippen LogP contribution in [0.2, 0.25) is 0 Å². The zero-order valence-electron chi connectivity index (χ0n) is 20.0. The third-order valence-electron chi connectivity index (χ3n) is 5.19. The molecule has 0 aliphatic rings. The summed E-state index contributed by atoms with van der Waals surface area (Å²) in [6, 6.07) is 25.4. The summed E-state index contributed by atoms with van der Waals surface area (Å²) in [6.07, 6.45) is 1.93. The van der Waals surface area contributed by atoms with Crippen molar-refractivity contribution in [3.63, 3.8) is 0 Å². The maximum Gasteiger partial charge on any atom is 0.335 e. The summed E-state index contributed by atoms with van der Waals surface area (Å²) in [5, 5.41) is 0. The number of esters is 1. The Labute approximate surface area is 201 Å². The van der Waals surface area contributed by atoms with Crippen molar-refractivity contribution in [2.45, 2.75) is 33.3 Å². The molecule has 0 saturated carbocycles. The fourth-order valence-electron chi connectivity index (χ4n) is 3.37. The molecule has 0 N–H and O–H groups in total. The summed E-state index contributed by atoms with van der Waals surface area (Å²) in [7, 11) is 0. The number of rotatable bonds is 12. The Bertz CT molecular complexity index is 1040. The third kappa shape index (κ3) is 7.78. The fourth-order valence-corrected chi connectivity index (χ4v) is 3.37. The molecule has 1 unspecified atom stereocenters. The lowest BCUT2D eigenvalue weighted by atomic mass is 10.1. The molecule has 3 aromatic rings. The van der Waals surface area contributed by atoms with Gasteiger partial charge in [0.25, 0.3) is 0 Å². The summed E-state index contributed by atoms with van der Waals surface area (Å²) < 4.78 is 22.4. The largest absolute Gasteiger partial charge is 0.490 e. The smallest absolute Gasteiger partial charge is 0.335 e. The molecule has 1 atom stereocenters. The van der Waals surface area contributed by atoms with Crippen molar-refractivity contribution in [3.05, 3.63) is 96.1 Å². The van der Waals surface area contributed by atoms with E-state index in [1.165, 1.54) is 0 Å². The molecule has 0 saturated heterocycles. The van der Waals surface area contributed by atoms with Crippen LogP contribution in [0.15, 0.2) is 84.9 Å². The highest BCUT2D eigenvalue weighted by molar-refractivity contribution is 5.75. The second kappa shape index (κ2) is 13.2. The number of ether oxygens (including phenoxy) is 4. The molecular formula is C29H32O5. The fraction of sp³-hybridized carbons (Fsp3) is 0.276. The first kappa shape index (κ1) is 25.1. The van der Waals surface area contributed by atoms with E-state index >= 15 is 0 Å². The van der Waals surface area contributed by atoms with E-state index in [2.05, 4.69) is 6.92 Å². The molecule has 178 valence electrons. The Morgan fingerprint density at radius 1 is 0.824 bits per heavy atom. The predicted octanol–water partition coefficient (Wildman–Crippen LogP) is 6.47. The lowest BCUT2D eigenvalue weighted by Crippen LogP contribution is -2.28. The lowest BCUT2D eigenvalue weighted by Gasteiger charge is -2.15. The van der Waals surface area contributed by atoms with Crippen LogP contribution in [0.3, 0.4) is 0 Å². The normalized spacial score (nSPS) is 12.1. The van der Waals surface area contributed by atoms with Gasteiger partial charge in [0.15, 0.2) is 6.10 Å². The van der Waals surface area contributed by atoms with Gasteiger partial charge in [-0.3, -0.25) is 0 Å². The van der Waals surface area contributed by atoms with Crippen LogP contribution in [0.25, 0.3) is 5.57 Å². The second-order valence-corrected chi connectivity index (χ2v) is 7.68. The molecular weight excluding hydrogens is 428 g/mol. The number of benzene rings is 3. The van der Waals surface area contributed by atoms with E-state index in [1.807, 2.05) is 91.9 Å². The third-order valence-corrected chi connectivity index (χ3v) is 5.19. The topological polar surface area (TPSA) is 54.0 Å². The molecule has 0 spiro atoms. The molecule has 0 fully saturated rings. The van der Waals surface area contributed by atoms with Gasteiger partial charge in [0.1, 0.15) is 23.9 Å². The highest BCUT2D eigenvalue weighted by Crippen LogP contribution is 2.23. The van der Waals surface area contributed by atoms with E-state index in [9.17, 15) is 4.79 Å². The number of hydrogen-bond acceptors (Lipinski definition) is 5. The van der Waals surface area contributed by atoms with Crippen molar-refractivity contribution < 1.29 is 23.7 Å². The molecule has 0 aliphatic carbocycles. The number of carbonyl (C=O) groups excluding carboxylic acids is 1. The van der Waals surface area contributed by atoms with E-state index in [0.29, 0.717) is 26.2 Å². The zero-order chi connectivity index (χ0) is 24.2. The van der Waals surface area contributed by atoms with Crippen LogP contribution < -0.4 is 9.47 Å². The highest BCUT2D eigenvalue weighted by Gasteiger charge is 2.20. The first-order valence-electron chi connectivity index (χ1n) is 11.6. The molecule has 0 aliphatic heterocycles. The summed E-state index contributed by atoms with van der Waals surface area (Å²) in [5.41, 5.74) is 3.22. The Kier molecular flexibility index (Phi) is 9.74. The van der Waals surface area contributed by atoms with Crippen molar-refractivity contribution >= 4 is 11.5 Å². The average molecular weight is 461 g/mol. The molecule has 5 heteroatoms. The van der Waals surface area contributed by atoms with Gasteiger partial charge in [0.2, 0.25) is 0 Å². The van der Waals surface area contributed by atoms with Crippen molar-refractivity contribution in [2.24, 2.45) is 0 Å². The standard InChI is InChI=1S/C29H32O5/c1-4-31-28(29(30)32-5-2)21-23-11-15-25(16-12-23)33-20-19-22(3)24-13-17-27(18-14-24)34-26-9-7-6-8-10-26/h6-19,28H,4-5,20-21H2,1-3H3.